The lowest BCUT2D eigenvalue weighted by atomic mass is 10.2. The van der Waals surface area contributed by atoms with Crippen LogP contribution in [0.3, 0.4) is 0 Å². The topological polar surface area (TPSA) is 49.8 Å². The first-order valence-electron chi connectivity index (χ1n) is 7.44. The van der Waals surface area contributed by atoms with Gasteiger partial charge in [-0.1, -0.05) is 25.1 Å². The van der Waals surface area contributed by atoms with Crippen molar-refractivity contribution in [2.24, 2.45) is 0 Å². The van der Waals surface area contributed by atoms with Crippen LogP contribution < -0.4 is 9.64 Å². The number of rotatable bonds is 7. The van der Waals surface area contributed by atoms with Crippen molar-refractivity contribution in [3.8, 4) is 11.5 Å². The number of anilines is 1. The summed E-state index contributed by atoms with van der Waals surface area (Å²) in [6.07, 6.45) is 0.889. The van der Waals surface area contributed by atoms with Crippen molar-refractivity contribution in [2.75, 3.05) is 11.4 Å². The van der Waals surface area contributed by atoms with E-state index in [4.69, 9.17) is 4.74 Å². The van der Waals surface area contributed by atoms with Crippen LogP contribution >= 0.6 is 0 Å². The molecule has 0 aliphatic carbocycles. The van der Waals surface area contributed by atoms with E-state index in [-0.39, 0.29) is 0 Å². The molecule has 1 N–H and O–H groups in total. The van der Waals surface area contributed by atoms with Gasteiger partial charge in [-0.25, -0.2) is 4.79 Å². The van der Waals surface area contributed by atoms with Crippen molar-refractivity contribution in [1.82, 2.24) is 0 Å². The van der Waals surface area contributed by atoms with Crippen LogP contribution in [0.15, 0.2) is 54.6 Å². The van der Waals surface area contributed by atoms with Gasteiger partial charge in [0.25, 0.3) is 0 Å². The molecule has 0 aliphatic heterocycles. The Morgan fingerprint density at radius 3 is 2.23 bits per heavy atom. The van der Waals surface area contributed by atoms with Crippen molar-refractivity contribution >= 4 is 11.7 Å². The number of aliphatic carboxylic acids is 1. The van der Waals surface area contributed by atoms with Gasteiger partial charge in [0.15, 0.2) is 0 Å². The second kappa shape index (κ2) is 7.50. The Kier molecular flexibility index (Phi) is 5.42. The lowest BCUT2D eigenvalue weighted by Gasteiger charge is -2.28. The van der Waals surface area contributed by atoms with E-state index in [2.05, 4.69) is 0 Å². The first kappa shape index (κ1) is 15.9. The number of carboxylic acid groups (broad SMARTS) is 1. The molecular formula is C18H21NO3. The largest absolute Gasteiger partial charge is 0.480 e. The molecule has 2 aromatic carbocycles. The number of hydrogen-bond donors (Lipinski definition) is 1. The molecule has 0 spiro atoms. The van der Waals surface area contributed by atoms with Gasteiger partial charge in [-0.05, 0) is 49.7 Å². The summed E-state index contributed by atoms with van der Waals surface area (Å²) in [5.41, 5.74) is 0.886. The molecule has 1 unspecified atom stereocenters. The van der Waals surface area contributed by atoms with Crippen LogP contribution in [0.1, 0.15) is 20.3 Å². The number of carbonyl (C=O) groups is 1. The molecule has 0 aliphatic rings. The fourth-order valence-corrected chi connectivity index (χ4v) is 2.25. The standard InChI is InChI=1S/C18H21NO3/c1-3-13-19(14(2)18(20)21)15-9-11-17(12-10-15)22-16-7-5-4-6-8-16/h4-12,14H,3,13H2,1-2H3,(H,20,21). The van der Waals surface area contributed by atoms with Crippen molar-refractivity contribution < 1.29 is 14.6 Å². The first-order valence-corrected chi connectivity index (χ1v) is 7.44. The van der Waals surface area contributed by atoms with Crippen molar-refractivity contribution in [2.45, 2.75) is 26.3 Å². The number of carboxylic acids is 1. The molecule has 1 atom stereocenters. The normalized spacial score (nSPS) is 11.7. The van der Waals surface area contributed by atoms with Gasteiger partial charge in [-0.3, -0.25) is 0 Å². The van der Waals surface area contributed by atoms with Gasteiger partial charge < -0.3 is 14.7 Å². The van der Waals surface area contributed by atoms with Crippen LogP contribution in [0, 0.1) is 0 Å². The molecule has 0 saturated heterocycles. The fourth-order valence-electron chi connectivity index (χ4n) is 2.25. The quantitative estimate of drug-likeness (QED) is 0.833. The summed E-state index contributed by atoms with van der Waals surface area (Å²) in [4.78, 5) is 13.1. The molecule has 0 saturated carbocycles. The molecule has 0 radical (unpaired) electrons. The van der Waals surface area contributed by atoms with Gasteiger partial charge >= 0.3 is 5.97 Å². The van der Waals surface area contributed by atoms with E-state index in [0.717, 1.165) is 23.6 Å². The van der Waals surface area contributed by atoms with E-state index in [0.29, 0.717) is 6.54 Å². The molecule has 0 amide bonds. The van der Waals surface area contributed by atoms with Crippen LogP contribution in [-0.2, 0) is 4.79 Å². The molecule has 2 aromatic rings. The van der Waals surface area contributed by atoms with Crippen molar-refractivity contribution in [3.63, 3.8) is 0 Å². The third kappa shape index (κ3) is 4.01. The molecule has 0 aromatic heterocycles. The summed E-state index contributed by atoms with van der Waals surface area (Å²) < 4.78 is 5.75. The summed E-state index contributed by atoms with van der Waals surface area (Å²) in [5, 5.41) is 9.22. The molecule has 4 heteroatoms. The highest BCUT2D eigenvalue weighted by molar-refractivity contribution is 5.77. The molecule has 0 bridgehead atoms. The first-order chi connectivity index (χ1) is 10.6. The predicted molar refractivity (Wildman–Crippen MR) is 87.7 cm³/mol. The maximum Gasteiger partial charge on any atom is 0.326 e. The van der Waals surface area contributed by atoms with Crippen LogP contribution in [0.4, 0.5) is 5.69 Å². The van der Waals surface area contributed by atoms with Crippen molar-refractivity contribution in [1.29, 1.82) is 0 Å². The van der Waals surface area contributed by atoms with Crippen LogP contribution in [-0.4, -0.2) is 23.7 Å². The average molecular weight is 299 g/mol. The summed E-state index contributed by atoms with van der Waals surface area (Å²) >= 11 is 0. The molecule has 2 rings (SSSR count). The molecule has 22 heavy (non-hydrogen) atoms. The Balaban J connectivity index is 2.14. The summed E-state index contributed by atoms with van der Waals surface area (Å²) in [5.74, 6) is 0.687. The van der Waals surface area contributed by atoms with E-state index in [1.165, 1.54) is 0 Å². The zero-order valence-corrected chi connectivity index (χ0v) is 12.9. The minimum atomic E-state index is -0.821. The number of benzene rings is 2. The fraction of sp³-hybridized carbons (Fsp3) is 0.278. The van der Waals surface area contributed by atoms with Gasteiger partial charge in [0.05, 0.1) is 0 Å². The zero-order chi connectivity index (χ0) is 15.9. The Morgan fingerprint density at radius 1 is 1.09 bits per heavy atom. The minimum Gasteiger partial charge on any atom is -0.480 e. The Hall–Kier alpha value is -2.49. The SMILES string of the molecule is CCCN(c1ccc(Oc2ccccc2)cc1)C(C)C(=O)O. The van der Waals surface area contributed by atoms with Crippen LogP contribution in [0.5, 0.6) is 11.5 Å². The van der Waals surface area contributed by atoms with Crippen molar-refractivity contribution in [3.05, 3.63) is 54.6 Å². The van der Waals surface area contributed by atoms with E-state index in [9.17, 15) is 9.90 Å². The smallest absolute Gasteiger partial charge is 0.326 e. The Labute approximate surface area is 131 Å². The second-order valence-corrected chi connectivity index (χ2v) is 5.12. The van der Waals surface area contributed by atoms with Gasteiger partial charge in [0, 0.05) is 12.2 Å². The highest BCUT2D eigenvalue weighted by atomic mass is 16.5. The Morgan fingerprint density at radius 2 is 1.68 bits per heavy atom. The van der Waals surface area contributed by atoms with Crippen LogP contribution in [0.2, 0.25) is 0 Å². The highest BCUT2D eigenvalue weighted by Crippen LogP contribution is 2.25. The van der Waals surface area contributed by atoms with Gasteiger partial charge in [-0.2, -0.15) is 0 Å². The van der Waals surface area contributed by atoms with E-state index in [1.54, 1.807) is 6.92 Å². The van der Waals surface area contributed by atoms with E-state index >= 15 is 0 Å². The van der Waals surface area contributed by atoms with E-state index < -0.39 is 12.0 Å². The lowest BCUT2D eigenvalue weighted by molar-refractivity contribution is -0.138. The van der Waals surface area contributed by atoms with Crippen LogP contribution in [0.25, 0.3) is 0 Å². The van der Waals surface area contributed by atoms with Gasteiger partial charge in [-0.15, -0.1) is 0 Å². The number of nitrogens with zero attached hydrogens (tertiary/aromatic N) is 1. The molecular weight excluding hydrogens is 278 g/mol. The predicted octanol–water partition coefficient (Wildman–Crippen LogP) is 4.17. The molecule has 4 nitrogen and oxygen atoms in total. The number of ether oxygens (including phenoxy) is 1. The summed E-state index contributed by atoms with van der Waals surface area (Å²) in [7, 11) is 0. The molecule has 0 fully saturated rings. The maximum atomic E-state index is 11.2. The minimum absolute atomic E-state index is 0.555. The third-order valence-electron chi connectivity index (χ3n) is 3.44. The molecule has 0 heterocycles. The maximum absolute atomic E-state index is 11.2. The van der Waals surface area contributed by atoms with E-state index in [1.807, 2.05) is 66.4 Å². The zero-order valence-electron chi connectivity index (χ0n) is 12.9. The second-order valence-electron chi connectivity index (χ2n) is 5.12. The summed E-state index contributed by atoms with van der Waals surface area (Å²) in [6, 6.07) is 16.5. The average Bonchev–Trinajstić information content (AvgIpc) is 2.54. The summed E-state index contributed by atoms with van der Waals surface area (Å²) in [6.45, 7) is 4.44. The van der Waals surface area contributed by atoms with Gasteiger partial charge in [0.1, 0.15) is 17.5 Å². The third-order valence-corrected chi connectivity index (χ3v) is 3.44. The Bertz CT molecular complexity index is 595. The van der Waals surface area contributed by atoms with Gasteiger partial charge in [0.2, 0.25) is 0 Å². The molecule has 116 valence electrons. The highest BCUT2D eigenvalue weighted by Gasteiger charge is 2.20. The number of para-hydroxylation sites is 1. The number of hydrogen-bond acceptors (Lipinski definition) is 3. The monoisotopic (exact) mass is 299 g/mol. The lowest BCUT2D eigenvalue weighted by Crippen LogP contribution is -2.39.